The molecule has 0 aromatic heterocycles. The number of hydrogen-bond donors (Lipinski definition) is 0. The average molecular weight is 751 g/mol. The zero-order valence-electron chi connectivity index (χ0n) is 31.3. The lowest BCUT2D eigenvalue weighted by Gasteiger charge is -2.21. The molecule has 9 rings (SSSR count). The summed E-state index contributed by atoms with van der Waals surface area (Å²) in [6.45, 7) is 0.208. The number of carbonyl (C=O) groups excluding carboxylic acids is 2. The van der Waals surface area contributed by atoms with Crippen LogP contribution in [-0.2, 0) is 9.47 Å². The smallest absolute Gasteiger partial charge is 0.338 e. The fourth-order valence-corrected chi connectivity index (χ4v) is 8.40. The number of ether oxygens (including phenoxy) is 2. The van der Waals surface area contributed by atoms with Gasteiger partial charge in [-0.3, -0.25) is 0 Å². The van der Waals surface area contributed by atoms with Crippen molar-refractivity contribution in [1.82, 2.24) is 0 Å². The van der Waals surface area contributed by atoms with E-state index in [-0.39, 0.29) is 36.2 Å². The van der Waals surface area contributed by atoms with Crippen LogP contribution in [0.1, 0.15) is 65.9 Å². The molecule has 0 heterocycles. The Labute approximate surface area is 335 Å². The molecule has 9 aromatic carbocycles. The van der Waals surface area contributed by atoms with Crippen molar-refractivity contribution >= 4 is 55.0 Å². The van der Waals surface area contributed by atoms with Crippen LogP contribution in [0.5, 0.6) is 0 Å². The van der Waals surface area contributed by atoms with E-state index in [1.165, 1.54) is 0 Å². The van der Waals surface area contributed by atoms with Gasteiger partial charge in [-0.1, -0.05) is 146 Å². The standard InChI is InChI=1S/C52H34N2O4/c53-29-37-21-23-39-42-26-28-44(52(56)58-32-46(35-17-9-3-10-18-35)36-19-11-4-12-20-36)48-38(30-54)22-24-40(50(42)48)41-25-27-43(47(37)49(39)41)51(55)57-31-45(33-13-5-1-6-14-33)34-15-7-2-8-16-34/h1-28,45-46H,31-32H2. The van der Waals surface area contributed by atoms with Gasteiger partial charge in [-0.25, -0.2) is 9.59 Å². The fourth-order valence-electron chi connectivity index (χ4n) is 8.40. The van der Waals surface area contributed by atoms with Gasteiger partial charge in [0.2, 0.25) is 0 Å². The summed E-state index contributed by atoms with van der Waals surface area (Å²) in [5, 5.41) is 26.4. The molecule has 0 unspecified atom stereocenters. The normalized spacial score (nSPS) is 11.3. The first-order valence-corrected chi connectivity index (χ1v) is 19.1. The molecule has 0 saturated heterocycles. The number of fused-ring (bicyclic) bond motifs is 2. The molecule has 0 amide bonds. The van der Waals surface area contributed by atoms with E-state index < -0.39 is 11.9 Å². The first kappa shape index (κ1) is 35.9. The van der Waals surface area contributed by atoms with Crippen molar-refractivity contribution < 1.29 is 19.1 Å². The number of rotatable bonds is 10. The lowest BCUT2D eigenvalue weighted by atomic mass is 9.84. The van der Waals surface area contributed by atoms with Crippen LogP contribution >= 0.6 is 0 Å². The number of esters is 2. The van der Waals surface area contributed by atoms with Gasteiger partial charge in [-0.15, -0.1) is 0 Å². The molecule has 0 aliphatic heterocycles. The number of nitrogens with zero attached hydrogens (tertiary/aromatic N) is 2. The summed E-state index contributed by atoms with van der Waals surface area (Å²) in [4.78, 5) is 28.3. The molecule has 0 bridgehead atoms. The summed E-state index contributed by atoms with van der Waals surface area (Å²) in [6.07, 6.45) is 0. The highest BCUT2D eigenvalue weighted by Crippen LogP contribution is 2.44. The van der Waals surface area contributed by atoms with Gasteiger partial charge in [0.05, 0.1) is 34.4 Å². The third-order valence-corrected chi connectivity index (χ3v) is 11.2. The van der Waals surface area contributed by atoms with Gasteiger partial charge in [0, 0.05) is 22.6 Å². The second-order valence-electron chi connectivity index (χ2n) is 14.3. The SMILES string of the molecule is N#Cc1ccc2c3ccc(C(=O)OCC(c4ccccc4)c4ccccc4)c4c(C#N)ccc(c5ccc(C(=O)OCC(c6ccccc6)c6ccccc6)c1c25)c43. The van der Waals surface area contributed by atoms with Crippen LogP contribution in [-0.4, -0.2) is 25.2 Å². The number of benzene rings is 9. The van der Waals surface area contributed by atoms with E-state index in [2.05, 4.69) is 12.1 Å². The Morgan fingerprint density at radius 3 is 0.983 bits per heavy atom. The van der Waals surface area contributed by atoms with Crippen LogP contribution in [0.25, 0.3) is 43.1 Å². The molecular formula is C52H34N2O4. The minimum atomic E-state index is -0.532. The summed E-state index contributed by atoms with van der Waals surface area (Å²) >= 11 is 0. The Morgan fingerprint density at radius 2 is 0.690 bits per heavy atom. The van der Waals surface area contributed by atoms with Gasteiger partial charge in [0.1, 0.15) is 13.2 Å². The van der Waals surface area contributed by atoms with E-state index in [1.807, 2.05) is 146 Å². The average Bonchev–Trinajstić information content (AvgIpc) is 3.29. The molecule has 58 heavy (non-hydrogen) atoms. The van der Waals surface area contributed by atoms with Gasteiger partial charge in [-0.2, -0.15) is 10.5 Å². The quantitative estimate of drug-likeness (QED) is 0.0784. The Morgan fingerprint density at radius 1 is 0.397 bits per heavy atom. The zero-order valence-corrected chi connectivity index (χ0v) is 31.3. The van der Waals surface area contributed by atoms with Crippen molar-refractivity contribution in [1.29, 1.82) is 10.5 Å². The predicted molar refractivity (Wildman–Crippen MR) is 227 cm³/mol. The second kappa shape index (κ2) is 15.4. The molecule has 6 heteroatoms. The van der Waals surface area contributed by atoms with Gasteiger partial charge < -0.3 is 9.47 Å². The molecule has 0 radical (unpaired) electrons. The summed E-state index contributed by atoms with van der Waals surface area (Å²) in [5.41, 5.74) is 5.35. The van der Waals surface area contributed by atoms with Crippen LogP contribution in [0.4, 0.5) is 0 Å². The van der Waals surface area contributed by atoms with Gasteiger partial charge in [-0.05, 0) is 78.8 Å². The minimum absolute atomic E-state index is 0.104. The molecule has 276 valence electrons. The van der Waals surface area contributed by atoms with Crippen LogP contribution in [0.15, 0.2) is 170 Å². The van der Waals surface area contributed by atoms with Crippen LogP contribution in [0.3, 0.4) is 0 Å². The summed E-state index contributed by atoms with van der Waals surface area (Å²) < 4.78 is 12.2. The molecule has 9 aromatic rings. The lowest BCUT2D eigenvalue weighted by molar-refractivity contribution is 0.0485. The number of nitriles is 2. The number of carbonyl (C=O) groups is 2. The highest BCUT2D eigenvalue weighted by molar-refractivity contribution is 6.36. The molecule has 0 fully saturated rings. The van der Waals surface area contributed by atoms with Crippen molar-refractivity contribution in [2.45, 2.75) is 11.8 Å². The van der Waals surface area contributed by atoms with Crippen LogP contribution in [0.2, 0.25) is 0 Å². The van der Waals surface area contributed by atoms with Crippen LogP contribution < -0.4 is 0 Å². The maximum absolute atomic E-state index is 14.1. The van der Waals surface area contributed by atoms with E-state index in [0.717, 1.165) is 54.6 Å². The highest BCUT2D eigenvalue weighted by atomic mass is 16.5. The van der Waals surface area contributed by atoms with Crippen molar-refractivity contribution in [3.05, 3.63) is 214 Å². The lowest BCUT2D eigenvalue weighted by Crippen LogP contribution is -2.15. The van der Waals surface area contributed by atoms with E-state index in [1.54, 1.807) is 24.3 Å². The molecule has 0 spiro atoms. The largest absolute Gasteiger partial charge is 0.461 e. The second-order valence-corrected chi connectivity index (χ2v) is 14.3. The monoisotopic (exact) mass is 750 g/mol. The van der Waals surface area contributed by atoms with E-state index >= 15 is 0 Å². The molecule has 0 N–H and O–H groups in total. The predicted octanol–water partition coefficient (Wildman–Crippen LogP) is 11.5. The van der Waals surface area contributed by atoms with Gasteiger partial charge in [0.25, 0.3) is 0 Å². The molecule has 0 aliphatic rings. The molecular weight excluding hydrogens is 717 g/mol. The maximum Gasteiger partial charge on any atom is 0.338 e. The Bertz CT molecular complexity index is 2750. The first-order chi connectivity index (χ1) is 28.6. The van der Waals surface area contributed by atoms with Crippen molar-refractivity contribution in [3.63, 3.8) is 0 Å². The molecule has 6 nitrogen and oxygen atoms in total. The number of hydrogen-bond acceptors (Lipinski definition) is 6. The third-order valence-electron chi connectivity index (χ3n) is 11.2. The zero-order chi connectivity index (χ0) is 39.6. The Kier molecular flexibility index (Phi) is 9.51. The van der Waals surface area contributed by atoms with Crippen LogP contribution in [0, 0.1) is 22.7 Å². The Hall–Kier alpha value is -7.80. The van der Waals surface area contributed by atoms with Crippen molar-refractivity contribution in [2.24, 2.45) is 0 Å². The summed E-state index contributed by atoms with van der Waals surface area (Å²) in [6, 6.07) is 58.7. The fraction of sp³-hybridized carbons (Fsp3) is 0.0769. The Balaban J connectivity index is 1.13. The summed E-state index contributed by atoms with van der Waals surface area (Å²) in [5.74, 6) is -1.45. The highest BCUT2D eigenvalue weighted by Gasteiger charge is 2.26. The van der Waals surface area contributed by atoms with E-state index in [0.29, 0.717) is 21.9 Å². The van der Waals surface area contributed by atoms with E-state index in [9.17, 15) is 20.1 Å². The molecule has 0 aliphatic carbocycles. The maximum atomic E-state index is 14.1. The van der Waals surface area contributed by atoms with Crippen molar-refractivity contribution in [2.75, 3.05) is 13.2 Å². The molecule has 0 saturated carbocycles. The minimum Gasteiger partial charge on any atom is -0.461 e. The summed E-state index contributed by atoms with van der Waals surface area (Å²) in [7, 11) is 0. The van der Waals surface area contributed by atoms with E-state index in [4.69, 9.17) is 9.47 Å². The first-order valence-electron chi connectivity index (χ1n) is 19.1. The third kappa shape index (κ3) is 6.33. The van der Waals surface area contributed by atoms with Gasteiger partial charge >= 0.3 is 11.9 Å². The van der Waals surface area contributed by atoms with Crippen molar-refractivity contribution in [3.8, 4) is 12.1 Å². The molecule has 0 atom stereocenters. The topological polar surface area (TPSA) is 100 Å². The van der Waals surface area contributed by atoms with Gasteiger partial charge in [0.15, 0.2) is 0 Å².